The Kier molecular flexibility index (Phi) is 10.0. The first-order valence-electron chi connectivity index (χ1n) is 16.8. The van der Waals surface area contributed by atoms with Crippen LogP contribution in [0.1, 0.15) is 59.5 Å². The first-order chi connectivity index (χ1) is 23.5. The van der Waals surface area contributed by atoms with Crippen LogP contribution in [0.15, 0.2) is 54.6 Å². The molecular weight excluding hydrogens is 638 g/mol. The number of esters is 1. The van der Waals surface area contributed by atoms with Crippen molar-refractivity contribution in [2.24, 2.45) is 5.41 Å². The fourth-order valence-electron chi connectivity index (χ4n) is 6.05. The van der Waals surface area contributed by atoms with Gasteiger partial charge in [-0.25, -0.2) is 19.2 Å². The van der Waals surface area contributed by atoms with Gasteiger partial charge in [0.1, 0.15) is 26.6 Å². The van der Waals surface area contributed by atoms with Crippen LogP contribution in [0.3, 0.4) is 0 Å². The van der Waals surface area contributed by atoms with E-state index in [1.54, 1.807) is 18.2 Å². The number of pyridine rings is 1. The minimum absolute atomic E-state index is 0.00831. The number of aromatic nitrogens is 3. The monoisotopic (exact) mass is 679 g/mol. The number of methoxy groups -OCH3 is 1. The zero-order valence-corrected chi connectivity index (χ0v) is 29.6. The first-order valence-corrected chi connectivity index (χ1v) is 20.3. The van der Waals surface area contributed by atoms with Gasteiger partial charge in [-0.3, -0.25) is 4.90 Å². The summed E-state index contributed by atoms with van der Waals surface area (Å²) in [5.41, 5.74) is 6.71. The van der Waals surface area contributed by atoms with Crippen LogP contribution in [0.4, 0.5) is 4.39 Å². The molecule has 11 heteroatoms. The number of rotatable bonds is 11. The Labute approximate surface area is 288 Å². The summed E-state index contributed by atoms with van der Waals surface area (Å²) in [7, 11) is -0.174. The maximum Gasteiger partial charge on any atom is 0.337 e. The van der Waals surface area contributed by atoms with Crippen LogP contribution in [0.25, 0.3) is 11.0 Å². The predicted octanol–water partition coefficient (Wildman–Crippen LogP) is 6.90. The Morgan fingerprint density at radius 2 is 1.88 bits per heavy atom. The van der Waals surface area contributed by atoms with Crippen LogP contribution in [0, 0.1) is 34.0 Å². The van der Waals surface area contributed by atoms with Crippen LogP contribution in [0.5, 0.6) is 11.6 Å². The number of benzene rings is 2. The lowest BCUT2D eigenvalue weighted by Gasteiger charge is -2.32. The molecular formula is C38H42FN5O4Si. The molecule has 0 unspecified atom stereocenters. The Morgan fingerprint density at radius 3 is 2.57 bits per heavy atom. The van der Waals surface area contributed by atoms with Gasteiger partial charge in [-0.2, -0.15) is 5.26 Å². The van der Waals surface area contributed by atoms with Crippen molar-refractivity contribution in [2.75, 3.05) is 20.2 Å². The fraction of sp³-hybridized carbons (Fsp3) is 0.421. The van der Waals surface area contributed by atoms with Gasteiger partial charge >= 0.3 is 5.97 Å². The number of likely N-dealkylation sites (tertiary alicyclic amines) is 1. The van der Waals surface area contributed by atoms with Crippen molar-refractivity contribution < 1.29 is 23.4 Å². The molecule has 0 radical (unpaired) electrons. The van der Waals surface area contributed by atoms with E-state index >= 15 is 0 Å². The molecule has 3 heterocycles. The minimum atomic E-state index is -1.55. The highest BCUT2D eigenvalue weighted by molar-refractivity contribution is 6.83. The Hall–Kier alpha value is -4.71. The van der Waals surface area contributed by atoms with Gasteiger partial charge in [-0.1, -0.05) is 31.6 Å². The molecule has 0 bridgehead atoms. The van der Waals surface area contributed by atoms with Gasteiger partial charge in [0.05, 0.1) is 42.0 Å². The molecule has 1 saturated carbocycles. The molecule has 2 fully saturated rings. The van der Waals surface area contributed by atoms with E-state index in [9.17, 15) is 14.4 Å². The van der Waals surface area contributed by atoms with E-state index in [1.165, 1.54) is 13.2 Å². The second-order valence-electron chi connectivity index (χ2n) is 14.1. The van der Waals surface area contributed by atoms with Crippen LogP contribution in [-0.4, -0.2) is 59.8 Å². The van der Waals surface area contributed by atoms with Crippen molar-refractivity contribution in [1.82, 2.24) is 19.4 Å². The van der Waals surface area contributed by atoms with Gasteiger partial charge in [0.25, 0.3) is 0 Å². The average Bonchev–Trinajstić information content (AvgIpc) is 3.77. The average molecular weight is 680 g/mol. The quantitative estimate of drug-likeness (QED) is 0.0959. The highest BCUT2D eigenvalue weighted by Gasteiger charge is 2.43. The van der Waals surface area contributed by atoms with E-state index in [2.05, 4.69) is 51.6 Å². The third-order valence-electron chi connectivity index (χ3n) is 9.01. The van der Waals surface area contributed by atoms with Crippen molar-refractivity contribution in [3.8, 4) is 29.2 Å². The molecule has 0 spiro atoms. The topological polar surface area (TPSA) is 102 Å². The lowest BCUT2D eigenvalue weighted by atomic mass is 10.0. The van der Waals surface area contributed by atoms with Gasteiger partial charge in [0.15, 0.2) is 11.6 Å². The number of carbonyl (C=O) groups excluding carboxylic acids is 1. The van der Waals surface area contributed by atoms with E-state index in [0.717, 1.165) is 55.6 Å². The number of nitriles is 1. The van der Waals surface area contributed by atoms with Crippen molar-refractivity contribution >= 4 is 25.1 Å². The normalized spacial score (nSPS) is 16.0. The molecule has 1 aliphatic carbocycles. The molecule has 2 aliphatic rings. The number of halogens is 1. The Bertz CT molecular complexity index is 1940. The summed E-state index contributed by atoms with van der Waals surface area (Å²) < 4.78 is 33.9. The summed E-state index contributed by atoms with van der Waals surface area (Å²) in [6.45, 7) is 9.57. The molecule has 0 atom stereocenters. The molecule has 49 heavy (non-hydrogen) atoms. The maximum absolute atomic E-state index is 14.7. The van der Waals surface area contributed by atoms with E-state index in [4.69, 9.17) is 19.2 Å². The molecule has 2 aromatic carbocycles. The number of hydrogen-bond donors (Lipinski definition) is 0. The summed E-state index contributed by atoms with van der Waals surface area (Å²) in [5.74, 6) is 3.86. The Morgan fingerprint density at radius 1 is 1.08 bits per heavy atom. The van der Waals surface area contributed by atoms with Crippen molar-refractivity contribution in [3.05, 3.63) is 83.1 Å². The molecule has 0 N–H and O–H groups in total. The summed E-state index contributed by atoms with van der Waals surface area (Å²) in [4.78, 5) is 24.2. The number of ether oxygens (including phenoxy) is 3. The van der Waals surface area contributed by atoms with E-state index in [-0.39, 0.29) is 29.8 Å². The first kappa shape index (κ1) is 34.2. The standard InChI is InChI=1S/C38H42FN5O4Si/c1-46-37(45)28-9-10-32-33(23-28)44(26-38(15-16-38)17-18-40)35(42-32)24-43-19-12-30(13-20-43)48-36-7-5-6-29(41-36)25-47-34-11-8-27(22-31(34)39)14-21-49(2,3)4/h5-11,22-23,30H,12-13,15-17,19-20,24-26H2,1-4H3. The molecule has 0 amide bonds. The van der Waals surface area contributed by atoms with Crippen molar-refractivity contribution in [3.63, 3.8) is 0 Å². The van der Waals surface area contributed by atoms with E-state index in [1.807, 2.05) is 30.3 Å². The third kappa shape index (κ3) is 8.66. The highest BCUT2D eigenvalue weighted by atomic mass is 28.3. The van der Waals surface area contributed by atoms with E-state index in [0.29, 0.717) is 42.2 Å². The van der Waals surface area contributed by atoms with Crippen molar-refractivity contribution in [1.29, 1.82) is 5.26 Å². The zero-order valence-electron chi connectivity index (χ0n) is 28.6. The second kappa shape index (κ2) is 14.4. The van der Waals surface area contributed by atoms with Crippen LogP contribution in [0.2, 0.25) is 19.6 Å². The zero-order chi connectivity index (χ0) is 34.6. The molecule has 254 valence electrons. The molecule has 4 aromatic rings. The fourth-order valence-corrected chi connectivity index (χ4v) is 6.57. The minimum Gasteiger partial charge on any atom is -0.484 e. The number of piperidine rings is 1. The molecule has 2 aromatic heterocycles. The van der Waals surface area contributed by atoms with Gasteiger partial charge in [-0.15, -0.1) is 5.54 Å². The molecule has 9 nitrogen and oxygen atoms in total. The lowest BCUT2D eigenvalue weighted by Crippen LogP contribution is -2.38. The number of hydrogen-bond acceptors (Lipinski definition) is 8. The van der Waals surface area contributed by atoms with Crippen molar-refractivity contribution in [2.45, 2.75) is 77.5 Å². The number of imidazole rings is 1. The van der Waals surface area contributed by atoms with Crippen LogP contribution in [-0.2, 0) is 24.4 Å². The number of nitrogens with zero attached hydrogens (tertiary/aromatic N) is 5. The largest absolute Gasteiger partial charge is 0.484 e. The molecule has 6 rings (SSSR count). The summed E-state index contributed by atoms with van der Waals surface area (Å²) >= 11 is 0. The molecule has 1 saturated heterocycles. The van der Waals surface area contributed by atoms with E-state index < -0.39 is 13.9 Å². The second-order valence-corrected chi connectivity index (χ2v) is 18.9. The SMILES string of the molecule is COC(=O)c1ccc2nc(CN3CCC(Oc4cccc(COc5ccc(C#C[Si](C)(C)C)cc5F)n4)CC3)n(CC3(CC#N)CC3)c2c1. The van der Waals surface area contributed by atoms with Gasteiger partial charge in [-0.05, 0) is 68.1 Å². The number of carbonyl (C=O) groups is 1. The van der Waals surface area contributed by atoms with Gasteiger partial charge < -0.3 is 18.8 Å². The van der Waals surface area contributed by atoms with Crippen LogP contribution >= 0.6 is 0 Å². The maximum atomic E-state index is 14.7. The molecule has 1 aliphatic heterocycles. The smallest absolute Gasteiger partial charge is 0.337 e. The lowest BCUT2D eigenvalue weighted by molar-refractivity contribution is 0.0601. The summed E-state index contributed by atoms with van der Waals surface area (Å²) in [6, 6.07) is 18.2. The summed E-state index contributed by atoms with van der Waals surface area (Å²) in [5, 5.41) is 9.45. The Balaban J connectivity index is 1.06. The van der Waals surface area contributed by atoms with Gasteiger partial charge in [0.2, 0.25) is 5.88 Å². The predicted molar refractivity (Wildman–Crippen MR) is 187 cm³/mol. The summed E-state index contributed by atoms with van der Waals surface area (Å²) in [6.07, 6.45) is 4.19. The third-order valence-corrected chi connectivity index (χ3v) is 9.89. The number of fused-ring (bicyclic) bond motifs is 1. The van der Waals surface area contributed by atoms with Crippen LogP contribution < -0.4 is 9.47 Å². The highest BCUT2D eigenvalue weighted by Crippen LogP contribution is 2.50. The van der Waals surface area contributed by atoms with Gasteiger partial charge in [0, 0.05) is 43.1 Å².